The second-order valence-electron chi connectivity index (χ2n) is 7.54. The summed E-state index contributed by atoms with van der Waals surface area (Å²) in [5.74, 6) is 0. The van der Waals surface area contributed by atoms with Gasteiger partial charge in [0.1, 0.15) is 5.69 Å². The second kappa shape index (κ2) is 7.25. The number of hydrogen-bond donors (Lipinski definition) is 2. The summed E-state index contributed by atoms with van der Waals surface area (Å²) in [7, 11) is 0. The van der Waals surface area contributed by atoms with E-state index in [1.165, 1.54) is 0 Å². The molecule has 0 aliphatic carbocycles. The molecule has 1 saturated heterocycles. The zero-order valence-electron chi connectivity index (χ0n) is 16.6. The monoisotopic (exact) mass is 385 g/mol. The topological polar surface area (TPSA) is 82.6 Å². The molecule has 0 saturated carbocycles. The molecular formula is C22H23N7. The first-order valence-corrected chi connectivity index (χ1v) is 9.91. The van der Waals surface area contributed by atoms with Crippen LogP contribution in [0.25, 0.3) is 33.7 Å². The molecule has 1 aliphatic rings. The maximum Gasteiger partial charge on any atom is 0.120 e. The fourth-order valence-corrected chi connectivity index (χ4v) is 3.84. The first-order valence-electron chi connectivity index (χ1n) is 9.91. The lowest BCUT2D eigenvalue weighted by atomic mass is 10.1. The summed E-state index contributed by atoms with van der Waals surface area (Å²) in [6, 6.07) is 12.6. The molecule has 1 fully saturated rings. The van der Waals surface area contributed by atoms with Gasteiger partial charge in [0.05, 0.1) is 34.3 Å². The summed E-state index contributed by atoms with van der Waals surface area (Å²) in [5, 5.41) is 10.9. The van der Waals surface area contributed by atoms with Crippen LogP contribution >= 0.6 is 0 Å². The van der Waals surface area contributed by atoms with Gasteiger partial charge in [-0.1, -0.05) is 6.07 Å². The number of nitrogens with zero attached hydrogens (tertiary/aromatic N) is 5. The Hall–Kier alpha value is -3.32. The van der Waals surface area contributed by atoms with Crippen molar-refractivity contribution in [3.63, 3.8) is 0 Å². The molecule has 4 aromatic rings. The molecule has 0 unspecified atom stereocenters. The number of aryl methyl sites for hydroxylation is 1. The Morgan fingerprint density at radius 2 is 2.00 bits per heavy atom. The Bertz CT molecular complexity index is 1170. The molecule has 1 aliphatic heterocycles. The summed E-state index contributed by atoms with van der Waals surface area (Å²) >= 11 is 0. The Morgan fingerprint density at radius 3 is 2.86 bits per heavy atom. The average Bonchev–Trinajstić information content (AvgIpc) is 3.23. The van der Waals surface area contributed by atoms with Crippen LogP contribution in [0.2, 0.25) is 0 Å². The van der Waals surface area contributed by atoms with Crippen molar-refractivity contribution in [1.29, 1.82) is 0 Å². The van der Waals surface area contributed by atoms with Crippen LogP contribution in [0.1, 0.15) is 12.6 Å². The van der Waals surface area contributed by atoms with Gasteiger partial charge >= 0.3 is 0 Å². The van der Waals surface area contributed by atoms with Crippen LogP contribution in [-0.2, 0) is 0 Å². The number of fused-ring (bicyclic) bond motifs is 1. The van der Waals surface area contributed by atoms with Gasteiger partial charge in [-0.15, -0.1) is 0 Å². The highest BCUT2D eigenvalue weighted by Gasteiger charge is 2.18. The normalized spacial score (nSPS) is 17.0. The average molecular weight is 385 g/mol. The minimum absolute atomic E-state index is 0.467. The third-order valence-electron chi connectivity index (χ3n) is 5.30. The number of nitrogens with one attached hydrogen (secondary N) is 2. The minimum atomic E-state index is 0.467. The van der Waals surface area contributed by atoms with Gasteiger partial charge in [0.2, 0.25) is 0 Å². The van der Waals surface area contributed by atoms with Gasteiger partial charge in [0.25, 0.3) is 0 Å². The van der Waals surface area contributed by atoms with Crippen LogP contribution < -0.4 is 10.2 Å². The maximum absolute atomic E-state index is 4.91. The van der Waals surface area contributed by atoms with Crippen molar-refractivity contribution in [2.24, 2.45) is 0 Å². The van der Waals surface area contributed by atoms with Gasteiger partial charge in [-0.05, 0) is 44.2 Å². The van der Waals surface area contributed by atoms with Gasteiger partial charge in [-0.3, -0.25) is 15.1 Å². The van der Waals surface area contributed by atoms with Crippen LogP contribution in [0, 0.1) is 6.92 Å². The summed E-state index contributed by atoms with van der Waals surface area (Å²) in [5.41, 5.74) is 7.29. The van der Waals surface area contributed by atoms with Crippen LogP contribution in [0.5, 0.6) is 0 Å². The predicted octanol–water partition coefficient (Wildman–Crippen LogP) is 3.19. The molecule has 5 heterocycles. The first-order chi connectivity index (χ1) is 14.2. The number of piperazine rings is 1. The molecule has 0 amide bonds. The van der Waals surface area contributed by atoms with Crippen LogP contribution in [0.15, 0.2) is 48.8 Å². The molecule has 146 valence electrons. The molecule has 0 spiro atoms. The molecular weight excluding hydrogens is 362 g/mol. The van der Waals surface area contributed by atoms with E-state index in [4.69, 9.17) is 4.98 Å². The summed E-state index contributed by atoms with van der Waals surface area (Å²) < 4.78 is 0. The number of aromatic amines is 1. The van der Waals surface area contributed by atoms with Crippen molar-refractivity contribution in [2.45, 2.75) is 19.9 Å². The third-order valence-corrected chi connectivity index (χ3v) is 5.30. The standard InChI is InChI=1S/C22H23N7/c1-14-4-3-5-20(26-14)22-17(12-25-28-22)18-6-7-19-21(27-18)10-16(11-24-19)29-9-8-23-15(2)13-29/h3-7,10-12,15,23H,8-9,13H2,1-2H3,(H,25,28)/t15-/m1/s1. The Balaban J connectivity index is 1.54. The van der Waals surface area contributed by atoms with Gasteiger partial charge in [0, 0.05) is 43.1 Å². The van der Waals surface area contributed by atoms with Crippen molar-refractivity contribution < 1.29 is 0 Å². The fourth-order valence-electron chi connectivity index (χ4n) is 3.84. The number of H-pyrrole nitrogens is 1. The molecule has 2 N–H and O–H groups in total. The number of hydrogen-bond acceptors (Lipinski definition) is 6. The Morgan fingerprint density at radius 1 is 1.07 bits per heavy atom. The Kier molecular flexibility index (Phi) is 4.44. The van der Waals surface area contributed by atoms with E-state index in [1.54, 1.807) is 0 Å². The van der Waals surface area contributed by atoms with Gasteiger partial charge in [-0.25, -0.2) is 4.98 Å². The van der Waals surface area contributed by atoms with Crippen molar-refractivity contribution in [2.75, 3.05) is 24.5 Å². The quantitative estimate of drug-likeness (QED) is 0.564. The first kappa shape index (κ1) is 17.8. The highest BCUT2D eigenvalue weighted by molar-refractivity contribution is 5.84. The molecule has 0 radical (unpaired) electrons. The van der Waals surface area contributed by atoms with Gasteiger partial charge in [0.15, 0.2) is 0 Å². The molecule has 0 bridgehead atoms. The number of anilines is 1. The Labute approximate surface area is 169 Å². The number of pyridine rings is 3. The van der Waals surface area contributed by atoms with E-state index in [0.29, 0.717) is 6.04 Å². The zero-order chi connectivity index (χ0) is 19.8. The molecule has 4 aromatic heterocycles. The van der Waals surface area contributed by atoms with Crippen molar-refractivity contribution in [3.8, 4) is 22.6 Å². The van der Waals surface area contributed by atoms with E-state index in [9.17, 15) is 0 Å². The molecule has 1 atom stereocenters. The molecule has 0 aromatic carbocycles. The molecule has 5 rings (SSSR count). The van der Waals surface area contributed by atoms with E-state index in [0.717, 1.165) is 64.7 Å². The van der Waals surface area contributed by atoms with Crippen LogP contribution in [0.4, 0.5) is 5.69 Å². The van der Waals surface area contributed by atoms with E-state index in [-0.39, 0.29) is 0 Å². The third kappa shape index (κ3) is 3.45. The van der Waals surface area contributed by atoms with Gasteiger partial charge in [-0.2, -0.15) is 5.10 Å². The van der Waals surface area contributed by atoms with E-state index in [2.05, 4.69) is 43.4 Å². The lowest BCUT2D eigenvalue weighted by Crippen LogP contribution is -2.49. The summed E-state index contributed by atoms with van der Waals surface area (Å²) in [6.07, 6.45) is 3.82. The number of aromatic nitrogens is 5. The van der Waals surface area contributed by atoms with Crippen molar-refractivity contribution >= 4 is 16.7 Å². The zero-order valence-corrected chi connectivity index (χ0v) is 16.6. The van der Waals surface area contributed by atoms with Crippen molar-refractivity contribution in [3.05, 3.63) is 54.5 Å². The van der Waals surface area contributed by atoms with Crippen LogP contribution in [-0.4, -0.2) is 50.8 Å². The highest BCUT2D eigenvalue weighted by Crippen LogP contribution is 2.29. The largest absolute Gasteiger partial charge is 0.367 e. The number of rotatable bonds is 3. The highest BCUT2D eigenvalue weighted by atomic mass is 15.2. The van der Waals surface area contributed by atoms with E-state index in [1.807, 2.05) is 49.6 Å². The van der Waals surface area contributed by atoms with Crippen LogP contribution in [0.3, 0.4) is 0 Å². The second-order valence-corrected chi connectivity index (χ2v) is 7.54. The smallest absolute Gasteiger partial charge is 0.120 e. The van der Waals surface area contributed by atoms with Crippen molar-refractivity contribution in [1.82, 2.24) is 30.5 Å². The van der Waals surface area contributed by atoms with Gasteiger partial charge < -0.3 is 10.2 Å². The molecule has 7 heteroatoms. The lowest BCUT2D eigenvalue weighted by Gasteiger charge is -2.33. The lowest BCUT2D eigenvalue weighted by molar-refractivity contribution is 0.484. The minimum Gasteiger partial charge on any atom is -0.367 e. The SMILES string of the molecule is Cc1cccc(-c2n[nH]cc2-c2ccc3ncc(N4CCN[C@H](C)C4)cc3n2)n1. The fraction of sp³-hybridized carbons (Fsp3) is 0.273. The molecule has 7 nitrogen and oxygen atoms in total. The van der Waals surface area contributed by atoms with E-state index < -0.39 is 0 Å². The summed E-state index contributed by atoms with van der Waals surface area (Å²) in [4.78, 5) is 16.5. The van der Waals surface area contributed by atoms with E-state index >= 15 is 0 Å². The predicted molar refractivity (Wildman–Crippen MR) is 115 cm³/mol. The molecule has 29 heavy (non-hydrogen) atoms. The summed E-state index contributed by atoms with van der Waals surface area (Å²) in [6.45, 7) is 7.11. The maximum atomic E-state index is 4.91.